The van der Waals surface area contributed by atoms with Crippen LogP contribution in [0, 0.1) is 6.92 Å². The third kappa shape index (κ3) is 6.76. The number of thiophene rings is 1. The highest BCUT2D eigenvalue weighted by atomic mass is 32.2. The Morgan fingerprint density at radius 3 is 2.50 bits per heavy atom. The topological polar surface area (TPSA) is 58.2 Å². The van der Waals surface area contributed by atoms with Crippen molar-refractivity contribution >= 4 is 40.6 Å². The smallest absolute Gasteiger partial charge is 0.234 e. The van der Waals surface area contributed by atoms with Gasteiger partial charge in [0.05, 0.1) is 11.5 Å². The second-order valence-corrected chi connectivity index (χ2v) is 7.48. The highest BCUT2D eigenvalue weighted by molar-refractivity contribution is 8.00. The van der Waals surface area contributed by atoms with Gasteiger partial charge < -0.3 is 10.6 Å². The van der Waals surface area contributed by atoms with Crippen LogP contribution in [0.15, 0.2) is 41.1 Å². The lowest BCUT2D eigenvalue weighted by Crippen LogP contribution is -2.35. The summed E-state index contributed by atoms with van der Waals surface area (Å²) in [4.78, 5) is 23.7. The van der Waals surface area contributed by atoms with E-state index in [4.69, 9.17) is 0 Å². The molecule has 2 amide bonds. The van der Waals surface area contributed by atoms with Crippen LogP contribution in [0.1, 0.15) is 18.1 Å². The zero-order chi connectivity index (χ0) is 17.4. The Kier molecular flexibility index (Phi) is 7.34. The van der Waals surface area contributed by atoms with Gasteiger partial charge in [0.1, 0.15) is 0 Å². The number of carbonyl (C=O) groups excluding carboxylic acids is 2. The van der Waals surface area contributed by atoms with Crippen LogP contribution in [0.5, 0.6) is 0 Å². The molecule has 1 aromatic heterocycles. The average Bonchev–Trinajstić information content (AvgIpc) is 3.02. The van der Waals surface area contributed by atoms with E-state index >= 15 is 0 Å². The number of amides is 2. The van der Waals surface area contributed by atoms with Gasteiger partial charge in [-0.25, -0.2) is 0 Å². The first kappa shape index (κ1) is 18.5. The maximum atomic E-state index is 11.9. The summed E-state index contributed by atoms with van der Waals surface area (Å²) < 4.78 is 0. The van der Waals surface area contributed by atoms with Crippen molar-refractivity contribution in [3.05, 3.63) is 52.2 Å². The van der Waals surface area contributed by atoms with Crippen LogP contribution >= 0.6 is 23.1 Å². The van der Waals surface area contributed by atoms with E-state index in [1.807, 2.05) is 43.5 Å². The molecule has 0 saturated heterocycles. The first-order chi connectivity index (χ1) is 11.5. The highest BCUT2D eigenvalue weighted by Gasteiger charge is 2.10. The molecule has 2 rings (SSSR count). The zero-order valence-corrected chi connectivity index (χ0v) is 15.5. The minimum Gasteiger partial charge on any atom is -0.353 e. The number of benzene rings is 1. The number of carbonyl (C=O) groups is 2. The molecule has 0 aliphatic rings. The number of thioether (sulfide) groups is 1. The number of aryl methyl sites for hydroxylation is 1. The fourth-order valence-electron chi connectivity index (χ4n) is 2.20. The second kappa shape index (κ2) is 9.49. The van der Waals surface area contributed by atoms with Gasteiger partial charge in [0.25, 0.3) is 0 Å². The molecular formula is C18H22N2O2S2. The third-order valence-corrected chi connectivity index (χ3v) is 5.00. The number of anilines is 1. The van der Waals surface area contributed by atoms with E-state index in [1.54, 1.807) is 11.3 Å². The minimum absolute atomic E-state index is 0.0362. The van der Waals surface area contributed by atoms with E-state index in [9.17, 15) is 9.59 Å². The molecule has 0 aliphatic heterocycles. The lowest BCUT2D eigenvalue weighted by atomic mass is 10.1. The van der Waals surface area contributed by atoms with Gasteiger partial charge in [0.15, 0.2) is 0 Å². The molecule has 4 nitrogen and oxygen atoms in total. The predicted molar refractivity (Wildman–Crippen MR) is 103 cm³/mol. The monoisotopic (exact) mass is 362 g/mol. The molecular weight excluding hydrogens is 340 g/mol. The summed E-state index contributed by atoms with van der Waals surface area (Å²) in [6.07, 6.45) is 0.827. The molecule has 0 spiro atoms. The predicted octanol–water partition coefficient (Wildman–Crippen LogP) is 3.48. The average molecular weight is 363 g/mol. The van der Waals surface area contributed by atoms with Gasteiger partial charge in [-0.15, -0.1) is 11.8 Å². The fourth-order valence-corrected chi connectivity index (χ4v) is 3.51. The van der Waals surface area contributed by atoms with E-state index in [2.05, 4.69) is 22.1 Å². The van der Waals surface area contributed by atoms with E-state index < -0.39 is 0 Å². The quantitative estimate of drug-likeness (QED) is 0.756. The Morgan fingerprint density at radius 2 is 1.83 bits per heavy atom. The summed E-state index contributed by atoms with van der Waals surface area (Å²) in [5.74, 6) is 0.420. The standard InChI is InChI=1S/C18H22N2O2S2/c1-13-3-5-16(6-4-13)20-18(22)12-24-11-17(21)19-14(2)9-15-7-8-23-10-15/h3-8,10,14H,9,11-12H2,1-2H3,(H,19,21)(H,20,22). The molecule has 0 saturated carbocycles. The summed E-state index contributed by atoms with van der Waals surface area (Å²) in [5, 5.41) is 9.91. The zero-order valence-electron chi connectivity index (χ0n) is 13.9. The van der Waals surface area contributed by atoms with Gasteiger partial charge in [0, 0.05) is 11.7 Å². The van der Waals surface area contributed by atoms with Crippen molar-refractivity contribution in [1.29, 1.82) is 0 Å². The number of hydrogen-bond donors (Lipinski definition) is 2. The Balaban J connectivity index is 1.62. The summed E-state index contributed by atoms with van der Waals surface area (Å²) in [6.45, 7) is 3.99. The summed E-state index contributed by atoms with van der Waals surface area (Å²) in [7, 11) is 0. The van der Waals surface area contributed by atoms with E-state index in [1.165, 1.54) is 17.3 Å². The van der Waals surface area contributed by atoms with E-state index in [0.29, 0.717) is 0 Å². The third-order valence-electron chi connectivity index (χ3n) is 3.33. The van der Waals surface area contributed by atoms with Gasteiger partial charge in [-0.1, -0.05) is 17.7 Å². The molecule has 1 atom stereocenters. The lowest BCUT2D eigenvalue weighted by molar-refractivity contribution is -0.119. The molecule has 1 aromatic carbocycles. The van der Waals surface area contributed by atoms with Crippen LogP contribution in [0.2, 0.25) is 0 Å². The van der Waals surface area contributed by atoms with Crippen LogP contribution in [0.3, 0.4) is 0 Å². The second-order valence-electron chi connectivity index (χ2n) is 5.71. The molecule has 2 N–H and O–H groups in total. The molecule has 6 heteroatoms. The van der Waals surface area contributed by atoms with Gasteiger partial charge in [-0.05, 0) is 54.8 Å². The van der Waals surface area contributed by atoms with Crippen molar-refractivity contribution in [2.45, 2.75) is 26.3 Å². The summed E-state index contributed by atoms with van der Waals surface area (Å²) >= 11 is 2.98. The van der Waals surface area contributed by atoms with Crippen LogP contribution in [0.25, 0.3) is 0 Å². The van der Waals surface area contributed by atoms with Crippen molar-refractivity contribution in [1.82, 2.24) is 5.32 Å². The van der Waals surface area contributed by atoms with Crippen molar-refractivity contribution in [2.75, 3.05) is 16.8 Å². The normalized spacial score (nSPS) is 11.8. The van der Waals surface area contributed by atoms with Crippen molar-refractivity contribution in [2.24, 2.45) is 0 Å². The van der Waals surface area contributed by atoms with Crippen molar-refractivity contribution in [3.63, 3.8) is 0 Å². The molecule has 2 aromatic rings. The van der Waals surface area contributed by atoms with Gasteiger partial charge in [-0.3, -0.25) is 9.59 Å². The Morgan fingerprint density at radius 1 is 1.12 bits per heavy atom. The summed E-state index contributed by atoms with van der Waals surface area (Å²) in [6, 6.07) is 9.80. The van der Waals surface area contributed by atoms with Crippen molar-refractivity contribution < 1.29 is 9.59 Å². The van der Waals surface area contributed by atoms with Gasteiger partial charge in [0.2, 0.25) is 11.8 Å². The molecule has 1 heterocycles. The molecule has 0 bridgehead atoms. The minimum atomic E-state index is -0.0945. The molecule has 0 aliphatic carbocycles. The number of rotatable bonds is 8. The lowest BCUT2D eigenvalue weighted by Gasteiger charge is -2.13. The SMILES string of the molecule is Cc1ccc(NC(=O)CSCC(=O)NC(C)Cc2ccsc2)cc1. The van der Waals surface area contributed by atoms with Crippen LogP contribution < -0.4 is 10.6 Å². The number of nitrogens with one attached hydrogen (secondary N) is 2. The van der Waals surface area contributed by atoms with Crippen LogP contribution in [-0.4, -0.2) is 29.4 Å². The van der Waals surface area contributed by atoms with E-state index in [-0.39, 0.29) is 29.4 Å². The fraction of sp³-hybridized carbons (Fsp3) is 0.333. The highest BCUT2D eigenvalue weighted by Crippen LogP contribution is 2.10. The maximum absolute atomic E-state index is 11.9. The van der Waals surface area contributed by atoms with Crippen LogP contribution in [0.4, 0.5) is 5.69 Å². The first-order valence-corrected chi connectivity index (χ1v) is 9.87. The van der Waals surface area contributed by atoms with Gasteiger partial charge in [-0.2, -0.15) is 11.3 Å². The van der Waals surface area contributed by atoms with Crippen LogP contribution in [-0.2, 0) is 16.0 Å². The van der Waals surface area contributed by atoms with E-state index in [0.717, 1.165) is 17.7 Å². The molecule has 24 heavy (non-hydrogen) atoms. The molecule has 1 unspecified atom stereocenters. The Bertz CT molecular complexity index is 654. The first-order valence-electron chi connectivity index (χ1n) is 7.77. The number of hydrogen-bond acceptors (Lipinski definition) is 4. The Labute approximate surface area is 151 Å². The van der Waals surface area contributed by atoms with Crippen molar-refractivity contribution in [3.8, 4) is 0 Å². The molecule has 0 fully saturated rings. The molecule has 0 radical (unpaired) electrons. The molecule has 128 valence electrons. The summed E-state index contributed by atoms with van der Waals surface area (Å²) in [5.41, 5.74) is 3.16. The maximum Gasteiger partial charge on any atom is 0.234 e. The van der Waals surface area contributed by atoms with Gasteiger partial charge >= 0.3 is 0 Å². The Hall–Kier alpha value is -1.79. The largest absolute Gasteiger partial charge is 0.353 e.